The molecule has 0 saturated carbocycles. The average Bonchev–Trinajstić information content (AvgIpc) is 2.72. The van der Waals surface area contributed by atoms with Crippen molar-refractivity contribution in [3.63, 3.8) is 0 Å². The number of hydrogen-bond acceptors (Lipinski definition) is 2. The van der Waals surface area contributed by atoms with Crippen molar-refractivity contribution in [1.29, 1.82) is 0 Å². The molecule has 1 heterocycles. The summed E-state index contributed by atoms with van der Waals surface area (Å²) < 4.78 is 0. The van der Waals surface area contributed by atoms with Crippen molar-refractivity contribution >= 4 is 0 Å². The Kier molecular flexibility index (Phi) is 6.50. The molecule has 0 aliphatic carbocycles. The number of rotatable bonds is 7. The van der Waals surface area contributed by atoms with Crippen molar-refractivity contribution in [2.75, 3.05) is 13.1 Å². The van der Waals surface area contributed by atoms with Crippen molar-refractivity contribution in [3.05, 3.63) is 0 Å². The van der Waals surface area contributed by atoms with Crippen molar-refractivity contribution in [2.45, 2.75) is 78.4 Å². The van der Waals surface area contributed by atoms with Gasteiger partial charge in [0.1, 0.15) is 0 Å². The Labute approximate surface area is 108 Å². The third kappa shape index (κ3) is 4.97. The minimum absolute atomic E-state index is 0.625. The third-order valence-electron chi connectivity index (χ3n) is 4.03. The first-order valence-corrected chi connectivity index (χ1v) is 7.51. The molecule has 0 aromatic rings. The van der Waals surface area contributed by atoms with Crippen LogP contribution in [0.3, 0.4) is 0 Å². The molecule has 1 fully saturated rings. The van der Waals surface area contributed by atoms with Crippen LogP contribution < -0.4 is 5.32 Å². The highest BCUT2D eigenvalue weighted by molar-refractivity contribution is 4.85. The molecule has 0 spiro atoms. The van der Waals surface area contributed by atoms with Crippen LogP contribution in [0, 0.1) is 5.92 Å². The zero-order chi connectivity index (χ0) is 12.8. The van der Waals surface area contributed by atoms with Crippen molar-refractivity contribution in [1.82, 2.24) is 10.2 Å². The topological polar surface area (TPSA) is 15.3 Å². The van der Waals surface area contributed by atoms with Gasteiger partial charge in [-0.25, -0.2) is 0 Å². The molecule has 1 rings (SSSR count). The summed E-state index contributed by atoms with van der Waals surface area (Å²) in [6.45, 7) is 14.1. The van der Waals surface area contributed by atoms with Crippen LogP contribution in [0.15, 0.2) is 0 Å². The maximum absolute atomic E-state index is 3.51. The summed E-state index contributed by atoms with van der Waals surface area (Å²) in [6, 6.07) is 2.22. The SMILES string of the molecule is CC(C)NCCCC(C)N1CCCC1C(C)C. The first-order chi connectivity index (χ1) is 8.02. The molecule has 2 nitrogen and oxygen atoms in total. The Bertz CT molecular complexity index is 201. The second kappa shape index (κ2) is 7.38. The molecule has 0 aromatic heterocycles. The highest BCUT2D eigenvalue weighted by Gasteiger charge is 2.29. The Hall–Kier alpha value is -0.0800. The standard InChI is InChI=1S/C15H32N2/c1-12(2)15-9-7-11-17(15)14(5)8-6-10-16-13(3)4/h12-16H,6-11H2,1-5H3. The fourth-order valence-corrected chi connectivity index (χ4v) is 3.03. The molecule has 1 aliphatic heterocycles. The Balaban J connectivity index is 2.24. The molecule has 1 N–H and O–H groups in total. The number of nitrogens with one attached hydrogen (secondary N) is 1. The molecule has 0 aromatic carbocycles. The van der Waals surface area contributed by atoms with Crippen LogP contribution in [0.2, 0.25) is 0 Å². The van der Waals surface area contributed by atoms with Gasteiger partial charge in [0.25, 0.3) is 0 Å². The van der Waals surface area contributed by atoms with E-state index in [1.807, 2.05) is 0 Å². The predicted octanol–water partition coefficient (Wildman–Crippen LogP) is 3.27. The molecular formula is C15H32N2. The average molecular weight is 240 g/mol. The van der Waals surface area contributed by atoms with Gasteiger partial charge >= 0.3 is 0 Å². The van der Waals surface area contributed by atoms with E-state index < -0.39 is 0 Å². The van der Waals surface area contributed by atoms with Crippen LogP contribution >= 0.6 is 0 Å². The van der Waals surface area contributed by atoms with Crippen LogP contribution in [-0.2, 0) is 0 Å². The minimum atomic E-state index is 0.625. The van der Waals surface area contributed by atoms with Crippen LogP contribution in [0.25, 0.3) is 0 Å². The lowest BCUT2D eigenvalue weighted by atomic mass is 10.00. The fraction of sp³-hybridized carbons (Fsp3) is 1.00. The second-order valence-corrected chi connectivity index (χ2v) is 6.29. The largest absolute Gasteiger partial charge is 0.315 e. The minimum Gasteiger partial charge on any atom is -0.315 e. The van der Waals surface area contributed by atoms with Gasteiger partial charge in [0.2, 0.25) is 0 Å². The van der Waals surface area contributed by atoms with Gasteiger partial charge < -0.3 is 5.32 Å². The molecular weight excluding hydrogens is 208 g/mol. The molecule has 0 radical (unpaired) electrons. The maximum Gasteiger partial charge on any atom is 0.0121 e. The van der Waals surface area contributed by atoms with E-state index >= 15 is 0 Å². The zero-order valence-corrected chi connectivity index (χ0v) is 12.5. The van der Waals surface area contributed by atoms with Gasteiger partial charge in [-0.2, -0.15) is 0 Å². The van der Waals surface area contributed by atoms with Gasteiger partial charge in [0.15, 0.2) is 0 Å². The Morgan fingerprint density at radius 2 is 1.88 bits per heavy atom. The third-order valence-corrected chi connectivity index (χ3v) is 4.03. The highest BCUT2D eigenvalue weighted by atomic mass is 15.2. The number of nitrogens with zero attached hydrogens (tertiary/aromatic N) is 1. The summed E-state index contributed by atoms with van der Waals surface area (Å²) >= 11 is 0. The summed E-state index contributed by atoms with van der Waals surface area (Å²) in [7, 11) is 0. The monoisotopic (exact) mass is 240 g/mol. The summed E-state index contributed by atoms with van der Waals surface area (Å²) in [5, 5.41) is 3.51. The predicted molar refractivity (Wildman–Crippen MR) is 76.4 cm³/mol. The van der Waals surface area contributed by atoms with E-state index in [-0.39, 0.29) is 0 Å². The molecule has 0 bridgehead atoms. The molecule has 2 atom stereocenters. The molecule has 2 unspecified atom stereocenters. The normalized spacial score (nSPS) is 23.8. The van der Waals surface area contributed by atoms with E-state index in [2.05, 4.69) is 44.8 Å². The van der Waals surface area contributed by atoms with E-state index in [1.54, 1.807) is 0 Å². The van der Waals surface area contributed by atoms with Gasteiger partial charge in [-0.15, -0.1) is 0 Å². The van der Waals surface area contributed by atoms with Crippen LogP contribution in [-0.4, -0.2) is 36.1 Å². The van der Waals surface area contributed by atoms with Crippen LogP contribution in [0.1, 0.15) is 60.3 Å². The number of likely N-dealkylation sites (tertiary alicyclic amines) is 1. The highest BCUT2D eigenvalue weighted by Crippen LogP contribution is 2.27. The molecule has 1 saturated heterocycles. The van der Waals surface area contributed by atoms with E-state index in [9.17, 15) is 0 Å². The Morgan fingerprint density at radius 3 is 2.47 bits per heavy atom. The maximum atomic E-state index is 3.51. The van der Waals surface area contributed by atoms with Gasteiger partial charge in [-0.1, -0.05) is 27.7 Å². The van der Waals surface area contributed by atoms with Gasteiger partial charge in [-0.3, -0.25) is 4.90 Å². The Morgan fingerprint density at radius 1 is 1.18 bits per heavy atom. The lowest BCUT2D eigenvalue weighted by Crippen LogP contribution is -2.40. The van der Waals surface area contributed by atoms with Gasteiger partial charge in [0, 0.05) is 18.1 Å². The van der Waals surface area contributed by atoms with Crippen molar-refractivity contribution in [3.8, 4) is 0 Å². The molecule has 1 aliphatic rings. The first kappa shape index (κ1) is 15.0. The van der Waals surface area contributed by atoms with Crippen molar-refractivity contribution < 1.29 is 0 Å². The lowest BCUT2D eigenvalue weighted by molar-refractivity contribution is 0.147. The number of hydrogen-bond donors (Lipinski definition) is 1. The van der Waals surface area contributed by atoms with E-state index in [0.29, 0.717) is 6.04 Å². The molecule has 17 heavy (non-hydrogen) atoms. The van der Waals surface area contributed by atoms with Crippen molar-refractivity contribution in [2.24, 2.45) is 5.92 Å². The summed E-state index contributed by atoms with van der Waals surface area (Å²) in [4.78, 5) is 2.75. The summed E-state index contributed by atoms with van der Waals surface area (Å²) in [5.41, 5.74) is 0. The van der Waals surface area contributed by atoms with Crippen LogP contribution in [0.4, 0.5) is 0 Å². The second-order valence-electron chi connectivity index (χ2n) is 6.29. The summed E-state index contributed by atoms with van der Waals surface area (Å²) in [6.07, 6.45) is 5.45. The quantitative estimate of drug-likeness (QED) is 0.687. The first-order valence-electron chi connectivity index (χ1n) is 7.51. The van der Waals surface area contributed by atoms with Gasteiger partial charge in [-0.05, 0) is 51.6 Å². The van der Waals surface area contributed by atoms with Gasteiger partial charge in [0.05, 0.1) is 0 Å². The van der Waals surface area contributed by atoms with E-state index in [0.717, 1.165) is 18.0 Å². The van der Waals surface area contributed by atoms with E-state index in [4.69, 9.17) is 0 Å². The molecule has 102 valence electrons. The molecule has 0 amide bonds. The smallest absolute Gasteiger partial charge is 0.0121 e. The fourth-order valence-electron chi connectivity index (χ4n) is 3.03. The van der Waals surface area contributed by atoms with Crippen LogP contribution in [0.5, 0.6) is 0 Å². The van der Waals surface area contributed by atoms with E-state index in [1.165, 1.54) is 38.8 Å². The molecule has 2 heteroatoms. The zero-order valence-electron chi connectivity index (χ0n) is 12.5. The lowest BCUT2D eigenvalue weighted by Gasteiger charge is -2.33. The summed E-state index contributed by atoms with van der Waals surface area (Å²) in [5.74, 6) is 0.814.